The van der Waals surface area contributed by atoms with Crippen LogP contribution in [0, 0.1) is 6.92 Å². The van der Waals surface area contributed by atoms with Crippen molar-refractivity contribution < 1.29 is 4.74 Å². The topological polar surface area (TPSA) is 35.2 Å². The fraction of sp³-hybridized carbons (Fsp3) is 0.250. The maximum atomic E-state index is 6.16. The Bertz CT molecular complexity index is 537. The van der Waals surface area contributed by atoms with Crippen LogP contribution in [0.2, 0.25) is 0 Å². The molecule has 0 bridgehead atoms. The Labute approximate surface area is 119 Å². The summed E-state index contributed by atoms with van der Waals surface area (Å²) in [5.74, 6) is 0.777. The zero-order valence-corrected chi connectivity index (χ0v) is 12.2. The summed E-state index contributed by atoms with van der Waals surface area (Å²) in [5.41, 5.74) is 8.14. The Morgan fingerprint density at radius 3 is 2.53 bits per heavy atom. The zero-order valence-electron chi connectivity index (χ0n) is 11.3. The normalized spacial score (nSPS) is 10.4. The SMILES string of the molecule is CCCOc1cccc(Sc2ccc(C)cc2)c1N. The van der Waals surface area contributed by atoms with Crippen LogP contribution in [-0.2, 0) is 0 Å². The number of rotatable bonds is 5. The first-order valence-electron chi connectivity index (χ1n) is 6.46. The van der Waals surface area contributed by atoms with Gasteiger partial charge in [0.2, 0.25) is 0 Å². The Balaban J connectivity index is 2.18. The Morgan fingerprint density at radius 2 is 1.84 bits per heavy atom. The standard InChI is InChI=1S/C16H19NOS/c1-3-11-18-14-5-4-6-15(16(14)17)19-13-9-7-12(2)8-10-13/h4-10H,3,11,17H2,1-2H3. The van der Waals surface area contributed by atoms with Gasteiger partial charge >= 0.3 is 0 Å². The molecule has 0 aliphatic carbocycles. The van der Waals surface area contributed by atoms with E-state index in [1.54, 1.807) is 11.8 Å². The molecule has 0 unspecified atom stereocenters. The molecule has 3 heteroatoms. The summed E-state index contributed by atoms with van der Waals surface area (Å²) in [5, 5.41) is 0. The number of nitrogens with two attached hydrogens (primary N) is 1. The summed E-state index contributed by atoms with van der Waals surface area (Å²) in [6.45, 7) is 4.87. The van der Waals surface area contributed by atoms with Gasteiger partial charge in [-0.3, -0.25) is 0 Å². The van der Waals surface area contributed by atoms with E-state index in [1.807, 2.05) is 18.2 Å². The van der Waals surface area contributed by atoms with E-state index in [0.29, 0.717) is 6.61 Å². The van der Waals surface area contributed by atoms with Gasteiger partial charge in [0.05, 0.1) is 12.3 Å². The highest BCUT2D eigenvalue weighted by Crippen LogP contribution is 2.36. The van der Waals surface area contributed by atoms with Gasteiger partial charge in [0.1, 0.15) is 5.75 Å². The van der Waals surface area contributed by atoms with Crippen LogP contribution in [-0.4, -0.2) is 6.61 Å². The highest BCUT2D eigenvalue weighted by Gasteiger charge is 2.07. The van der Waals surface area contributed by atoms with E-state index in [0.717, 1.165) is 22.8 Å². The lowest BCUT2D eigenvalue weighted by molar-refractivity contribution is 0.318. The van der Waals surface area contributed by atoms with Crippen LogP contribution in [0.4, 0.5) is 5.69 Å². The largest absolute Gasteiger partial charge is 0.491 e. The molecular weight excluding hydrogens is 254 g/mol. The van der Waals surface area contributed by atoms with Gasteiger partial charge in [-0.1, -0.05) is 42.4 Å². The minimum Gasteiger partial charge on any atom is -0.491 e. The van der Waals surface area contributed by atoms with Crippen molar-refractivity contribution in [3.63, 3.8) is 0 Å². The minimum atomic E-state index is 0.697. The van der Waals surface area contributed by atoms with Crippen LogP contribution >= 0.6 is 11.8 Å². The Hall–Kier alpha value is -1.61. The molecule has 0 aromatic heterocycles. The van der Waals surface area contributed by atoms with E-state index in [9.17, 15) is 0 Å². The van der Waals surface area contributed by atoms with Gasteiger partial charge in [-0.15, -0.1) is 0 Å². The molecule has 100 valence electrons. The second kappa shape index (κ2) is 6.53. The first-order chi connectivity index (χ1) is 9.20. The summed E-state index contributed by atoms with van der Waals surface area (Å²) in [7, 11) is 0. The van der Waals surface area contributed by atoms with Gasteiger partial charge in [-0.05, 0) is 37.6 Å². The van der Waals surface area contributed by atoms with Gasteiger partial charge in [-0.2, -0.15) is 0 Å². The second-order valence-electron chi connectivity index (χ2n) is 4.43. The van der Waals surface area contributed by atoms with Gasteiger partial charge in [0.15, 0.2) is 0 Å². The molecule has 2 N–H and O–H groups in total. The molecule has 0 aliphatic rings. The Kier molecular flexibility index (Phi) is 4.74. The van der Waals surface area contributed by atoms with Crippen molar-refractivity contribution in [2.45, 2.75) is 30.1 Å². The fourth-order valence-electron chi connectivity index (χ4n) is 1.68. The summed E-state index contributed by atoms with van der Waals surface area (Å²) in [6.07, 6.45) is 0.981. The molecule has 0 spiro atoms. The third kappa shape index (κ3) is 3.67. The van der Waals surface area contributed by atoms with Crippen LogP contribution in [0.1, 0.15) is 18.9 Å². The van der Waals surface area contributed by atoms with Crippen LogP contribution < -0.4 is 10.5 Å². The van der Waals surface area contributed by atoms with Crippen LogP contribution in [0.5, 0.6) is 5.75 Å². The number of anilines is 1. The van der Waals surface area contributed by atoms with E-state index < -0.39 is 0 Å². The number of hydrogen-bond donors (Lipinski definition) is 1. The first-order valence-corrected chi connectivity index (χ1v) is 7.28. The third-order valence-electron chi connectivity index (χ3n) is 2.74. The van der Waals surface area contributed by atoms with Crippen LogP contribution in [0.25, 0.3) is 0 Å². The summed E-state index contributed by atoms with van der Waals surface area (Å²) in [6, 6.07) is 14.4. The van der Waals surface area contributed by atoms with E-state index in [2.05, 4.69) is 38.1 Å². The monoisotopic (exact) mass is 273 g/mol. The van der Waals surface area contributed by atoms with Gasteiger partial charge in [0, 0.05) is 9.79 Å². The molecule has 2 aromatic carbocycles. The molecule has 0 amide bonds. The van der Waals surface area contributed by atoms with Crippen molar-refractivity contribution in [3.05, 3.63) is 48.0 Å². The van der Waals surface area contributed by atoms with E-state index >= 15 is 0 Å². The molecule has 2 nitrogen and oxygen atoms in total. The Morgan fingerprint density at radius 1 is 1.11 bits per heavy atom. The lowest BCUT2D eigenvalue weighted by Gasteiger charge is -2.11. The van der Waals surface area contributed by atoms with Crippen molar-refractivity contribution in [3.8, 4) is 5.75 Å². The molecule has 0 fully saturated rings. The van der Waals surface area contributed by atoms with Crippen molar-refractivity contribution in [2.24, 2.45) is 0 Å². The van der Waals surface area contributed by atoms with Crippen LogP contribution in [0.15, 0.2) is 52.3 Å². The highest BCUT2D eigenvalue weighted by atomic mass is 32.2. The fourth-order valence-corrected chi connectivity index (χ4v) is 2.57. The lowest BCUT2D eigenvalue weighted by Crippen LogP contribution is -1.99. The molecule has 2 aromatic rings. The molecular formula is C16H19NOS. The quantitative estimate of drug-likeness (QED) is 0.814. The molecule has 0 saturated carbocycles. The van der Waals surface area contributed by atoms with Crippen molar-refractivity contribution in [2.75, 3.05) is 12.3 Å². The average molecular weight is 273 g/mol. The molecule has 19 heavy (non-hydrogen) atoms. The molecule has 0 radical (unpaired) electrons. The molecule has 0 heterocycles. The van der Waals surface area contributed by atoms with Crippen molar-refractivity contribution in [1.29, 1.82) is 0 Å². The summed E-state index contributed by atoms with van der Waals surface area (Å²) in [4.78, 5) is 2.22. The number of para-hydroxylation sites is 1. The van der Waals surface area contributed by atoms with Crippen LogP contribution in [0.3, 0.4) is 0 Å². The molecule has 0 atom stereocenters. The lowest BCUT2D eigenvalue weighted by atomic mass is 10.2. The predicted octanol–water partition coefficient (Wildman–Crippen LogP) is 4.52. The maximum absolute atomic E-state index is 6.16. The smallest absolute Gasteiger partial charge is 0.143 e. The summed E-state index contributed by atoms with van der Waals surface area (Å²) >= 11 is 1.67. The van der Waals surface area contributed by atoms with Gasteiger partial charge in [0.25, 0.3) is 0 Å². The first kappa shape index (κ1) is 13.8. The second-order valence-corrected chi connectivity index (χ2v) is 5.55. The van der Waals surface area contributed by atoms with E-state index in [4.69, 9.17) is 10.5 Å². The minimum absolute atomic E-state index is 0.697. The molecule has 2 rings (SSSR count). The number of benzene rings is 2. The maximum Gasteiger partial charge on any atom is 0.143 e. The van der Waals surface area contributed by atoms with Crippen molar-refractivity contribution >= 4 is 17.4 Å². The number of ether oxygens (including phenoxy) is 1. The van der Waals surface area contributed by atoms with Gasteiger partial charge in [-0.25, -0.2) is 0 Å². The highest BCUT2D eigenvalue weighted by molar-refractivity contribution is 7.99. The van der Waals surface area contributed by atoms with Gasteiger partial charge < -0.3 is 10.5 Å². The summed E-state index contributed by atoms with van der Waals surface area (Å²) < 4.78 is 5.65. The number of aryl methyl sites for hydroxylation is 1. The average Bonchev–Trinajstić information content (AvgIpc) is 2.42. The predicted molar refractivity (Wildman–Crippen MR) is 81.9 cm³/mol. The number of nitrogen functional groups attached to an aromatic ring is 1. The third-order valence-corrected chi connectivity index (χ3v) is 3.82. The molecule has 0 aliphatic heterocycles. The zero-order chi connectivity index (χ0) is 13.7. The van der Waals surface area contributed by atoms with E-state index in [1.165, 1.54) is 10.5 Å². The van der Waals surface area contributed by atoms with E-state index in [-0.39, 0.29) is 0 Å². The molecule has 0 saturated heterocycles. The number of hydrogen-bond acceptors (Lipinski definition) is 3. The van der Waals surface area contributed by atoms with Crippen molar-refractivity contribution in [1.82, 2.24) is 0 Å².